The van der Waals surface area contributed by atoms with Crippen LogP contribution in [0.5, 0.6) is 0 Å². The number of hydrogen-bond donors (Lipinski definition) is 0. The second kappa shape index (κ2) is 8.55. The van der Waals surface area contributed by atoms with E-state index in [1.165, 1.54) is 75.8 Å². The first kappa shape index (κ1) is 21.6. The van der Waals surface area contributed by atoms with Crippen LogP contribution in [0.25, 0.3) is 64.7 Å². The molecule has 1 heteroatoms. The summed E-state index contributed by atoms with van der Waals surface area (Å²) in [5.41, 5.74) is 13.2. The first-order valence-electron chi connectivity index (χ1n) is 13.2. The van der Waals surface area contributed by atoms with Gasteiger partial charge in [-0.3, -0.25) is 0 Å². The van der Waals surface area contributed by atoms with Crippen molar-refractivity contribution in [1.29, 1.82) is 0 Å². The topological polar surface area (TPSA) is 0 Å². The molecule has 6 aromatic carbocycles. The normalized spacial score (nSPS) is 12.1. The number of fused-ring (bicyclic) bond motifs is 8. The lowest BCUT2D eigenvalue weighted by atomic mass is 9.91. The maximum absolute atomic E-state index is 2.40. The Morgan fingerprint density at radius 1 is 0.395 bits per heavy atom. The molecule has 0 nitrogen and oxygen atoms in total. The van der Waals surface area contributed by atoms with Gasteiger partial charge in [-0.05, 0) is 80.3 Å². The molecule has 8 rings (SSSR count). The van der Waals surface area contributed by atoms with Crippen molar-refractivity contribution in [2.45, 2.75) is 6.42 Å². The predicted octanol–water partition coefficient (Wildman–Crippen LogP) is 10.6. The maximum Gasteiger partial charge on any atom is 0.0433 e. The molecule has 0 saturated carbocycles. The first-order valence-corrected chi connectivity index (χ1v) is 14.0. The molecule has 178 valence electrons. The third-order valence-corrected chi connectivity index (χ3v) is 9.15. The van der Waals surface area contributed by atoms with Gasteiger partial charge in [0, 0.05) is 20.2 Å². The van der Waals surface area contributed by atoms with Crippen LogP contribution in [-0.2, 0) is 6.42 Å². The molecule has 1 aliphatic carbocycles. The van der Waals surface area contributed by atoms with Crippen molar-refractivity contribution in [3.8, 4) is 44.5 Å². The van der Waals surface area contributed by atoms with E-state index in [0.29, 0.717) is 0 Å². The van der Waals surface area contributed by atoms with Crippen molar-refractivity contribution in [2.24, 2.45) is 0 Å². The Labute approximate surface area is 226 Å². The van der Waals surface area contributed by atoms with Gasteiger partial charge in [-0.25, -0.2) is 0 Å². The number of benzene rings is 6. The summed E-state index contributed by atoms with van der Waals surface area (Å²) in [6, 6.07) is 49.2. The highest BCUT2D eigenvalue weighted by Gasteiger charge is 2.19. The van der Waals surface area contributed by atoms with Crippen LogP contribution in [0, 0.1) is 0 Å². The summed E-state index contributed by atoms with van der Waals surface area (Å²) in [6.07, 6.45) is 0.953. The Hall–Kier alpha value is -4.46. The molecule has 0 amide bonds. The fraction of sp³-hybridized carbons (Fsp3) is 0.0270. The molecular weight excluding hydrogens is 476 g/mol. The van der Waals surface area contributed by atoms with Gasteiger partial charge in [-0.2, -0.15) is 0 Å². The van der Waals surface area contributed by atoms with E-state index in [1.807, 2.05) is 11.3 Å². The zero-order valence-electron chi connectivity index (χ0n) is 20.8. The van der Waals surface area contributed by atoms with Crippen LogP contribution >= 0.6 is 11.3 Å². The molecule has 0 bridgehead atoms. The van der Waals surface area contributed by atoms with Gasteiger partial charge in [0.15, 0.2) is 0 Å². The van der Waals surface area contributed by atoms with Gasteiger partial charge in [0.2, 0.25) is 0 Å². The van der Waals surface area contributed by atoms with Crippen LogP contribution in [0.1, 0.15) is 11.1 Å². The SMILES string of the molecule is c1cc(-c2ccc3c(c2)-c2ccccc2-c2ccccc2C3)cc(-c2cccc3c2sc2ccccc23)c1. The molecule has 0 aliphatic heterocycles. The Bertz CT molecular complexity index is 2010. The minimum absolute atomic E-state index is 0.953. The monoisotopic (exact) mass is 500 g/mol. The molecule has 0 atom stereocenters. The molecule has 0 spiro atoms. The molecule has 0 radical (unpaired) electrons. The van der Waals surface area contributed by atoms with Crippen molar-refractivity contribution >= 4 is 31.5 Å². The van der Waals surface area contributed by atoms with Crippen molar-refractivity contribution in [2.75, 3.05) is 0 Å². The highest BCUT2D eigenvalue weighted by Crippen LogP contribution is 2.43. The second-order valence-electron chi connectivity index (χ2n) is 10.1. The summed E-state index contributed by atoms with van der Waals surface area (Å²) in [6.45, 7) is 0. The van der Waals surface area contributed by atoms with Crippen molar-refractivity contribution in [3.05, 3.63) is 145 Å². The van der Waals surface area contributed by atoms with Gasteiger partial charge in [0.25, 0.3) is 0 Å². The first-order chi connectivity index (χ1) is 18.8. The van der Waals surface area contributed by atoms with Crippen molar-refractivity contribution in [3.63, 3.8) is 0 Å². The smallest absolute Gasteiger partial charge is 0.0433 e. The molecule has 0 fully saturated rings. The maximum atomic E-state index is 2.40. The summed E-state index contributed by atoms with van der Waals surface area (Å²) in [5, 5.41) is 2.69. The number of thiophene rings is 1. The molecular formula is C37H24S. The summed E-state index contributed by atoms with van der Waals surface area (Å²) < 4.78 is 2.70. The van der Waals surface area contributed by atoms with Gasteiger partial charge in [0.1, 0.15) is 0 Å². The highest BCUT2D eigenvalue weighted by molar-refractivity contribution is 7.26. The van der Waals surface area contributed by atoms with E-state index in [-0.39, 0.29) is 0 Å². The second-order valence-corrected chi connectivity index (χ2v) is 11.2. The van der Waals surface area contributed by atoms with E-state index in [2.05, 4.69) is 133 Å². The highest BCUT2D eigenvalue weighted by atomic mass is 32.1. The van der Waals surface area contributed by atoms with Crippen LogP contribution in [0.15, 0.2) is 133 Å². The molecule has 1 heterocycles. The quantitative estimate of drug-likeness (QED) is 0.221. The third kappa shape index (κ3) is 3.36. The summed E-state index contributed by atoms with van der Waals surface area (Å²) in [4.78, 5) is 0. The van der Waals surface area contributed by atoms with Gasteiger partial charge in [0.05, 0.1) is 0 Å². The lowest BCUT2D eigenvalue weighted by molar-refractivity contribution is 1.21. The number of rotatable bonds is 2. The fourth-order valence-electron chi connectivity index (χ4n) is 6.10. The Morgan fingerprint density at radius 2 is 1.03 bits per heavy atom. The standard InChI is InChI=1S/C37H24S/c1-2-12-29-26(9-1)22-28-20-19-25(23-35(28)32-14-4-3-13-31(29)32)24-10-7-11-27(21-24)30-16-8-17-34-33-15-5-6-18-36(33)38-37(30)34/h1-21,23H,22H2. The average Bonchev–Trinajstić information content (AvgIpc) is 3.30. The molecule has 0 unspecified atom stereocenters. The minimum Gasteiger partial charge on any atom is -0.135 e. The van der Waals surface area contributed by atoms with E-state index < -0.39 is 0 Å². The Kier molecular flexibility index (Phi) is 4.86. The number of hydrogen-bond acceptors (Lipinski definition) is 1. The fourth-order valence-corrected chi connectivity index (χ4v) is 7.34. The van der Waals surface area contributed by atoms with E-state index in [9.17, 15) is 0 Å². The lowest BCUT2D eigenvalue weighted by Gasteiger charge is -2.13. The van der Waals surface area contributed by atoms with Crippen molar-refractivity contribution in [1.82, 2.24) is 0 Å². The van der Waals surface area contributed by atoms with Crippen LogP contribution < -0.4 is 0 Å². The van der Waals surface area contributed by atoms with Crippen LogP contribution in [0.3, 0.4) is 0 Å². The van der Waals surface area contributed by atoms with E-state index in [1.54, 1.807) is 0 Å². The van der Waals surface area contributed by atoms with E-state index in [0.717, 1.165) is 6.42 Å². The average molecular weight is 501 g/mol. The van der Waals surface area contributed by atoms with Crippen LogP contribution in [0.2, 0.25) is 0 Å². The van der Waals surface area contributed by atoms with Gasteiger partial charge < -0.3 is 0 Å². The Balaban J connectivity index is 1.28. The third-order valence-electron chi connectivity index (χ3n) is 7.93. The van der Waals surface area contributed by atoms with E-state index >= 15 is 0 Å². The van der Waals surface area contributed by atoms with Gasteiger partial charge in [-0.1, -0.05) is 115 Å². The molecule has 38 heavy (non-hydrogen) atoms. The summed E-state index contributed by atoms with van der Waals surface area (Å²) in [5.74, 6) is 0. The van der Waals surface area contributed by atoms with Crippen LogP contribution in [0.4, 0.5) is 0 Å². The Morgan fingerprint density at radius 3 is 1.95 bits per heavy atom. The largest absolute Gasteiger partial charge is 0.135 e. The molecule has 0 saturated heterocycles. The molecule has 1 aromatic heterocycles. The minimum atomic E-state index is 0.953. The summed E-state index contributed by atoms with van der Waals surface area (Å²) >= 11 is 1.89. The molecule has 0 N–H and O–H groups in total. The predicted molar refractivity (Wildman–Crippen MR) is 164 cm³/mol. The zero-order valence-corrected chi connectivity index (χ0v) is 21.6. The van der Waals surface area contributed by atoms with E-state index in [4.69, 9.17) is 0 Å². The van der Waals surface area contributed by atoms with Gasteiger partial charge >= 0.3 is 0 Å². The van der Waals surface area contributed by atoms with Gasteiger partial charge in [-0.15, -0.1) is 11.3 Å². The summed E-state index contributed by atoms with van der Waals surface area (Å²) in [7, 11) is 0. The zero-order chi connectivity index (χ0) is 25.1. The molecule has 1 aliphatic rings. The lowest BCUT2D eigenvalue weighted by Crippen LogP contribution is -1.91. The molecule has 7 aromatic rings. The van der Waals surface area contributed by atoms with Crippen LogP contribution in [-0.4, -0.2) is 0 Å². The van der Waals surface area contributed by atoms with Crippen molar-refractivity contribution < 1.29 is 0 Å².